The van der Waals surface area contributed by atoms with E-state index in [1.165, 1.54) is 18.7 Å². The molecule has 0 N–H and O–H groups in total. The van der Waals surface area contributed by atoms with Gasteiger partial charge in [-0.3, -0.25) is 18.7 Å². The van der Waals surface area contributed by atoms with Crippen LogP contribution < -0.4 is 11.2 Å². The molecule has 9 heteroatoms. The van der Waals surface area contributed by atoms with Crippen molar-refractivity contribution in [2.45, 2.75) is 30.5 Å². The molecule has 2 aromatic heterocycles. The lowest BCUT2D eigenvalue weighted by molar-refractivity contribution is -0.140. The molecule has 0 aliphatic carbocycles. The van der Waals surface area contributed by atoms with Crippen LogP contribution >= 0.6 is 11.8 Å². The van der Waals surface area contributed by atoms with Gasteiger partial charge in [-0.2, -0.15) is 0 Å². The molecule has 3 rings (SSSR count). The van der Waals surface area contributed by atoms with Gasteiger partial charge in [0.15, 0.2) is 11.5 Å². The van der Waals surface area contributed by atoms with Gasteiger partial charge in [-0.15, -0.1) is 0 Å². The van der Waals surface area contributed by atoms with Crippen LogP contribution in [0, 0.1) is 6.92 Å². The molecule has 1 aromatic carbocycles. The number of methoxy groups -OCH3 is 1. The van der Waals surface area contributed by atoms with Crippen LogP contribution in [0.5, 0.6) is 0 Å². The zero-order valence-electron chi connectivity index (χ0n) is 16.9. The standard InChI is InChI=1S/C20H22N4O4S/c1-6-13(19(26)28-5)29-17-14-16(23(3)20(27)24(4)18(14)25)21-15(22-17)12-9-7-11(2)8-10-12/h7-10,13H,6H2,1-5H3/t13-/m0/s1. The third-order valence-electron chi connectivity index (χ3n) is 4.67. The van der Waals surface area contributed by atoms with Crippen molar-refractivity contribution in [2.24, 2.45) is 14.1 Å². The van der Waals surface area contributed by atoms with E-state index >= 15 is 0 Å². The summed E-state index contributed by atoms with van der Waals surface area (Å²) in [6.45, 7) is 3.83. The normalized spacial score (nSPS) is 12.2. The van der Waals surface area contributed by atoms with Gasteiger partial charge in [0.25, 0.3) is 5.56 Å². The lowest BCUT2D eigenvalue weighted by Crippen LogP contribution is -2.37. The monoisotopic (exact) mass is 414 g/mol. The molecule has 8 nitrogen and oxygen atoms in total. The van der Waals surface area contributed by atoms with Crippen LogP contribution in [0.4, 0.5) is 0 Å². The number of benzene rings is 1. The third kappa shape index (κ3) is 3.82. The fourth-order valence-electron chi connectivity index (χ4n) is 2.91. The van der Waals surface area contributed by atoms with Crippen LogP contribution in [-0.2, 0) is 23.6 Å². The van der Waals surface area contributed by atoms with Crippen molar-refractivity contribution >= 4 is 28.8 Å². The van der Waals surface area contributed by atoms with E-state index in [-0.39, 0.29) is 11.0 Å². The summed E-state index contributed by atoms with van der Waals surface area (Å²) in [7, 11) is 4.29. The highest BCUT2D eigenvalue weighted by Gasteiger charge is 2.24. The molecule has 0 spiro atoms. The summed E-state index contributed by atoms with van der Waals surface area (Å²) in [5, 5.41) is 0.0164. The molecule has 152 valence electrons. The largest absolute Gasteiger partial charge is 0.468 e. The van der Waals surface area contributed by atoms with Crippen molar-refractivity contribution in [3.05, 3.63) is 50.7 Å². The van der Waals surface area contributed by atoms with Crippen LogP contribution in [0.3, 0.4) is 0 Å². The molecule has 1 atom stereocenters. The van der Waals surface area contributed by atoms with Crippen LogP contribution in [0.2, 0.25) is 0 Å². The van der Waals surface area contributed by atoms with E-state index in [1.807, 2.05) is 38.1 Å². The number of carbonyl (C=O) groups excluding carboxylic acids is 1. The molecule has 0 saturated carbocycles. The third-order valence-corrected chi connectivity index (χ3v) is 5.99. The zero-order valence-corrected chi connectivity index (χ0v) is 17.7. The van der Waals surface area contributed by atoms with Gasteiger partial charge in [-0.1, -0.05) is 48.5 Å². The van der Waals surface area contributed by atoms with Gasteiger partial charge in [0, 0.05) is 19.7 Å². The average Bonchev–Trinajstić information content (AvgIpc) is 2.73. The predicted octanol–water partition coefficient (Wildman–Crippen LogP) is 2.05. The first kappa shape index (κ1) is 20.8. The number of ether oxygens (including phenoxy) is 1. The van der Waals surface area contributed by atoms with Gasteiger partial charge in [0.2, 0.25) is 0 Å². The van der Waals surface area contributed by atoms with Gasteiger partial charge in [-0.25, -0.2) is 14.8 Å². The number of carbonyl (C=O) groups is 1. The molecule has 0 radical (unpaired) electrons. The Balaban J connectivity index is 2.34. The molecule has 29 heavy (non-hydrogen) atoms. The zero-order chi connectivity index (χ0) is 21.3. The highest BCUT2D eigenvalue weighted by Crippen LogP contribution is 2.30. The predicted molar refractivity (Wildman–Crippen MR) is 112 cm³/mol. The minimum Gasteiger partial charge on any atom is -0.468 e. The Labute approximate surface area is 171 Å². The van der Waals surface area contributed by atoms with Crippen LogP contribution in [0.15, 0.2) is 38.9 Å². The number of nitrogens with zero attached hydrogens (tertiary/aromatic N) is 4. The summed E-state index contributed by atoms with van der Waals surface area (Å²) in [4.78, 5) is 46.5. The van der Waals surface area contributed by atoms with Crippen molar-refractivity contribution in [3.63, 3.8) is 0 Å². The second kappa shape index (κ2) is 8.20. The van der Waals surface area contributed by atoms with Crippen LogP contribution in [0.1, 0.15) is 18.9 Å². The quantitative estimate of drug-likeness (QED) is 0.358. The summed E-state index contributed by atoms with van der Waals surface area (Å²) in [6.07, 6.45) is 0.495. The maximum atomic E-state index is 12.9. The minimum absolute atomic E-state index is 0.206. The number of aryl methyl sites for hydroxylation is 2. The number of hydrogen-bond donors (Lipinski definition) is 0. The first-order chi connectivity index (χ1) is 13.8. The number of fused-ring (bicyclic) bond motifs is 1. The lowest BCUT2D eigenvalue weighted by atomic mass is 10.1. The number of esters is 1. The van der Waals surface area contributed by atoms with Crippen molar-refractivity contribution in [3.8, 4) is 11.4 Å². The Hall–Kier alpha value is -2.94. The van der Waals surface area contributed by atoms with Crippen molar-refractivity contribution in [2.75, 3.05) is 7.11 Å². The summed E-state index contributed by atoms with van der Waals surface area (Å²) in [5.74, 6) is -0.0224. The highest BCUT2D eigenvalue weighted by molar-refractivity contribution is 8.00. The summed E-state index contributed by atoms with van der Waals surface area (Å²) >= 11 is 1.15. The van der Waals surface area contributed by atoms with E-state index in [4.69, 9.17) is 4.74 Å². The molecule has 0 aliphatic rings. The molecule has 2 heterocycles. The number of thioether (sulfide) groups is 1. The topological polar surface area (TPSA) is 96.1 Å². The Morgan fingerprint density at radius 3 is 2.38 bits per heavy atom. The Morgan fingerprint density at radius 1 is 1.14 bits per heavy atom. The first-order valence-corrected chi connectivity index (χ1v) is 9.95. The first-order valence-electron chi connectivity index (χ1n) is 9.07. The summed E-state index contributed by atoms with van der Waals surface area (Å²) in [5.41, 5.74) is 1.08. The molecule has 0 amide bonds. The molecule has 3 aromatic rings. The maximum Gasteiger partial charge on any atom is 0.332 e. The highest BCUT2D eigenvalue weighted by atomic mass is 32.2. The number of hydrogen-bond acceptors (Lipinski definition) is 7. The maximum absolute atomic E-state index is 12.9. The van der Waals surface area contributed by atoms with Gasteiger partial charge < -0.3 is 4.74 Å². The summed E-state index contributed by atoms with van der Waals surface area (Å²) in [6, 6.07) is 7.62. The van der Waals surface area contributed by atoms with Gasteiger partial charge in [-0.05, 0) is 13.3 Å². The number of aromatic nitrogens is 4. The second-order valence-corrected chi connectivity index (χ2v) is 7.85. The molecular formula is C20H22N4O4S. The number of rotatable bonds is 5. The summed E-state index contributed by atoms with van der Waals surface area (Å²) < 4.78 is 7.20. The molecule has 0 saturated heterocycles. The van der Waals surface area contributed by atoms with E-state index in [2.05, 4.69) is 9.97 Å². The van der Waals surface area contributed by atoms with Crippen molar-refractivity contribution in [1.82, 2.24) is 19.1 Å². The Kier molecular flexibility index (Phi) is 5.88. The van der Waals surface area contributed by atoms with Crippen LogP contribution in [0.25, 0.3) is 22.4 Å². The smallest absolute Gasteiger partial charge is 0.332 e. The van der Waals surface area contributed by atoms with E-state index in [1.54, 1.807) is 7.05 Å². The van der Waals surface area contributed by atoms with Crippen molar-refractivity contribution in [1.29, 1.82) is 0 Å². The molecule has 0 unspecified atom stereocenters. The average molecular weight is 414 g/mol. The van der Waals surface area contributed by atoms with E-state index in [0.29, 0.717) is 17.3 Å². The molecular weight excluding hydrogens is 392 g/mol. The van der Waals surface area contributed by atoms with Gasteiger partial charge in [0.05, 0.1) is 7.11 Å². The molecule has 0 bridgehead atoms. The van der Waals surface area contributed by atoms with Crippen molar-refractivity contribution < 1.29 is 9.53 Å². The van der Waals surface area contributed by atoms with Gasteiger partial charge >= 0.3 is 11.7 Å². The molecule has 0 fully saturated rings. The lowest BCUT2D eigenvalue weighted by Gasteiger charge is -2.15. The SMILES string of the molecule is CC[C@H](Sc1nc(-c2ccc(C)cc2)nc2c1c(=O)n(C)c(=O)n2C)C(=O)OC. The Morgan fingerprint density at radius 2 is 1.79 bits per heavy atom. The molecule has 0 aliphatic heterocycles. The van der Waals surface area contributed by atoms with E-state index in [9.17, 15) is 14.4 Å². The van der Waals surface area contributed by atoms with Crippen LogP contribution in [-0.4, -0.2) is 37.4 Å². The van der Waals surface area contributed by atoms with E-state index < -0.39 is 22.5 Å². The fourth-order valence-corrected chi connectivity index (χ4v) is 3.97. The Bertz CT molecular complexity index is 1200. The van der Waals surface area contributed by atoms with Gasteiger partial charge in [0.1, 0.15) is 15.7 Å². The minimum atomic E-state index is -0.536. The fraction of sp³-hybridized carbons (Fsp3) is 0.350. The van der Waals surface area contributed by atoms with E-state index in [0.717, 1.165) is 27.5 Å². The second-order valence-electron chi connectivity index (χ2n) is 6.66.